The summed E-state index contributed by atoms with van der Waals surface area (Å²) in [6, 6.07) is 5.27. The highest BCUT2D eigenvalue weighted by Crippen LogP contribution is 2.31. The minimum absolute atomic E-state index is 0. The van der Waals surface area contributed by atoms with Gasteiger partial charge in [-0.3, -0.25) is 15.1 Å². The van der Waals surface area contributed by atoms with E-state index in [-0.39, 0.29) is 36.7 Å². The minimum Gasteiger partial charge on any atom is -0.496 e. The number of aromatic nitrogens is 1. The van der Waals surface area contributed by atoms with Crippen LogP contribution in [0.4, 0.5) is 0 Å². The van der Waals surface area contributed by atoms with Gasteiger partial charge < -0.3 is 25.9 Å². The van der Waals surface area contributed by atoms with E-state index in [0.717, 1.165) is 17.3 Å². The zero-order valence-corrected chi connectivity index (χ0v) is 15.6. The molecule has 0 spiro atoms. The smallest absolute Gasteiger partial charge is 0.274 e. The van der Waals surface area contributed by atoms with Crippen molar-refractivity contribution in [3.63, 3.8) is 0 Å². The summed E-state index contributed by atoms with van der Waals surface area (Å²) in [5, 5.41) is 3.25. The first-order chi connectivity index (χ1) is 11.1. The van der Waals surface area contributed by atoms with Crippen LogP contribution in [-0.4, -0.2) is 44.2 Å². The summed E-state index contributed by atoms with van der Waals surface area (Å²) >= 11 is 0. The zero-order chi connectivity index (χ0) is 16.8. The molecule has 0 atom stereocenters. The Hall–Kier alpha value is -2.16. The molecule has 2 rings (SSSR count). The van der Waals surface area contributed by atoms with Gasteiger partial charge in [0.05, 0.1) is 19.2 Å². The molecule has 1 heterocycles. The lowest BCUT2D eigenvalue weighted by atomic mass is 10.2. The van der Waals surface area contributed by atoms with E-state index in [2.05, 4.69) is 15.3 Å². The minimum atomic E-state index is -0.378. The number of aliphatic imine (C=N–C) groups is 1. The fourth-order valence-corrected chi connectivity index (χ4v) is 2.07. The molecule has 140 valence electrons. The standard InChI is InChI=1S/C15H21N5O3.2ClH/c1-18-15(17)20-14(21)12-8-10-11(19-12)6-9(7-13(10)22-2)23-5-3-4-16;;/h6-8,19H,3-5,16H2,1-2H3,(H3,17,18,20,21);2*1H. The Labute approximate surface area is 158 Å². The van der Waals surface area contributed by atoms with Gasteiger partial charge in [0.2, 0.25) is 0 Å². The summed E-state index contributed by atoms with van der Waals surface area (Å²) in [6.07, 6.45) is 0.758. The van der Waals surface area contributed by atoms with Crippen molar-refractivity contribution in [3.05, 3.63) is 23.9 Å². The molecule has 0 aliphatic heterocycles. The number of carbonyl (C=O) groups excluding carboxylic acids is 1. The number of nitrogens with one attached hydrogen (secondary N) is 2. The summed E-state index contributed by atoms with van der Waals surface area (Å²) in [6.45, 7) is 1.08. The summed E-state index contributed by atoms with van der Waals surface area (Å²) in [4.78, 5) is 18.8. The Morgan fingerprint density at radius 3 is 2.64 bits per heavy atom. The number of nitrogens with two attached hydrogens (primary N) is 2. The van der Waals surface area contributed by atoms with Crippen molar-refractivity contribution in [2.45, 2.75) is 6.42 Å². The summed E-state index contributed by atoms with van der Waals surface area (Å²) in [5.41, 5.74) is 12.0. The number of nitrogens with zero attached hydrogens (tertiary/aromatic N) is 1. The molecular formula is C15H23Cl2N5O3. The molecule has 1 aromatic heterocycles. The van der Waals surface area contributed by atoms with Crippen molar-refractivity contribution in [2.24, 2.45) is 16.5 Å². The van der Waals surface area contributed by atoms with Crippen LogP contribution in [0.2, 0.25) is 0 Å². The molecule has 0 fully saturated rings. The van der Waals surface area contributed by atoms with E-state index in [1.165, 1.54) is 7.05 Å². The first kappa shape index (κ1) is 22.8. The summed E-state index contributed by atoms with van der Waals surface area (Å²) in [7, 11) is 3.06. The predicted molar refractivity (Wildman–Crippen MR) is 104 cm³/mol. The molecule has 0 bridgehead atoms. The van der Waals surface area contributed by atoms with Gasteiger partial charge in [-0.25, -0.2) is 0 Å². The Balaban J connectivity index is 0.00000288. The number of fused-ring (bicyclic) bond motifs is 1. The van der Waals surface area contributed by atoms with Crippen LogP contribution in [0.1, 0.15) is 16.9 Å². The van der Waals surface area contributed by atoms with Crippen molar-refractivity contribution in [1.29, 1.82) is 0 Å². The van der Waals surface area contributed by atoms with Crippen molar-refractivity contribution in [2.75, 3.05) is 27.3 Å². The van der Waals surface area contributed by atoms with E-state index in [9.17, 15) is 4.79 Å². The fraction of sp³-hybridized carbons (Fsp3) is 0.333. The Bertz CT molecular complexity index is 733. The average Bonchev–Trinajstić information content (AvgIpc) is 2.98. The molecule has 1 amide bonds. The number of hydrogen-bond acceptors (Lipinski definition) is 5. The fourth-order valence-electron chi connectivity index (χ4n) is 2.07. The lowest BCUT2D eigenvalue weighted by Crippen LogP contribution is -2.36. The SMILES string of the molecule is CN=C(N)NC(=O)c1cc2c(OC)cc(OCCCN)cc2[nH]1.Cl.Cl. The summed E-state index contributed by atoms with van der Waals surface area (Å²) < 4.78 is 11.0. The maximum atomic E-state index is 12.1. The van der Waals surface area contributed by atoms with E-state index in [1.54, 1.807) is 19.2 Å². The van der Waals surface area contributed by atoms with Gasteiger partial charge in [0.15, 0.2) is 5.96 Å². The molecule has 1 aromatic carbocycles. The molecule has 0 saturated heterocycles. The van der Waals surface area contributed by atoms with Crippen LogP contribution in [0.3, 0.4) is 0 Å². The largest absolute Gasteiger partial charge is 0.496 e. The van der Waals surface area contributed by atoms with Crippen LogP contribution >= 0.6 is 24.8 Å². The lowest BCUT2D eigenvalue weighted by Gasteiger charge is -2.08. The zero-order valence-electron chi connectivity index (χ0n) is 14.0. The molecule has 10 heteroatoms. The highest BCUT2D eigenvalue weighted by atomic mass is 35.5. The second kappa shape index (κ2) is 10.7. The van der Waals surface area contributed by atoms with Gasteiger partial charge in [0.25, 0.3) is 5.91 Å². The highest BCUT2D eigenvalue weighted by molar-refractivity contribution is 6.07. The molecule has 8 nitrogen and oxygen atoms in total. The van der Waals surface area contributed by atoms with Gasteiger partial charge in [-0.15, -0.1) is 24.8 Å². The van der Waals surface area contributed by atoms with E-state index in [4.69, 9.17) is 20.9 Å². The van der Waals surface area contributed by atoms with Crippen molar-refractivity contribution < 1.29 is 14.3 Å². The van der Waals surface area contributed by atoms with Gasteiger partial charge in [-0.2, -0.15) is 0 Å². The second-order valence-electron chi connectivity index (χ2n) is 4.82. The van der Waals surface area contributed by atoms with Crippen LogP contribution in [0.25, 0.3) is 10.9 Å². The van der Waals surface area contributed by atoms with Crippen LogP contribution in [0.5, 0.6) is 11.5 Å². The van der Waals surface area contributed by atoms with Gasteiger partial charge in [-0.1, -0.05) is 0 Å². The van der Waals surface area contributed by atoms with Crippen LogP contribution in [0.15, 0.2) is 23.2 Å². The third-order valence-corrected chi connectivity index (χ3v) is 3.24. The maximum absolute atomic E-state index is 12.1. The number of H-pyrrole nitrogens is 1. The summed E-state index contributed by atoms with van der Waals surface area (Å²) in [5.74, 6) is 0.923. The van der Waals surface area contributed by atoms with E-state index < -0.39 is 0 Å². The Kier molecular flexibility index (Phi) is 9.73. The number of benzene rings is 1. The number of guanidine groups is 1. The predicted octanol–water partition coefficient (Wildman–Crippen LogP) is 1.42. The first-order valence-corrected chi connectivity index (χ1v) is 7.16. The van der Waals surface area contributed by atoms with Gasteiger partial charge in [-0.05, 0) is 19.0 Å². The molecule has 0 aliphatic rings. The van der Waals surface area contributed by atoms with E-state index >= 15 is 0 Å². The molecule has 0 aliphatic carbocycles. The van der Waals surface area contributed by atoms with Crippen LogP contribution in [-0.2, 0) is 0 Å². The maximum Gasteiger partial charge on any atom is 0.274 e. The number of ether oxygens (including phenoxy) is 2. The average molecular weight is 392 g/mol. The van der Waals surface area contributed by atoms with E-state index in [1.807, 2.05) is 6.07 Å². The number of hydrogen-bond donors (Lipinski definition) is 4. The van der Waals surface area contributed by atoms with Gasteiger partial charge in [0.1, 0.15) is 17.2 Å². The molecule has 0 radical (unpaired) electrons. The number of carbonyl (C=O) groups is 1. The number of aromatic amines is 1. The molecule has 0 unspecified atom stereocenters. The van der Waals surface area contributed by atoms with Gasteiger partial charge >= 0.3 is 0 Å². The highest BCUT2D eigenvalue weighted by Gasteiger charge is 2.14. The quantitative estimate of drug-likeness (QED) is 0.336. The Morgan fingerprint density at radius 1 is 1.32 bits per heavy atom. The monoisotopic (exact) mass is 391 g/mol. The van der Waals surface area contributed by atoms with Crippen LogP contribution in [0, 0.1) is 0 Å². The van der Waals surface area contributed by atoms with Crippen LogP contribution < -0.4 is 26.3 Å². The normalized spacial score (nSPS) is 10.6. The van der Waals surface area contributed by atoms with E-state index in [0.29, 0.717) is 30.3 Å². The second-order valence-corrected chi connectivity index (χ2v) is 4.82. The number of halogens is 2. The topological polar surface area (TPSA) is 128 Å². The third kappa shape index (κ3) is 5.70. The number of amides is 1. The van der Waals surface area contributed by atoms with Crippen molar-refractivity contribution in [3.8, 4) is 11.5 Å². The molecule has 0 saturated carbocycles. The number of methoxy groups -OCH3 is 1. The van der Waals surface area contributed by atoms with Gasteiger partial charge in [0, 0.05) is 24.6 Å². The molecular weight excluding hydrogens is 369 g/mol. The first-order valence-electron chi connectivity index (χ1n) is 7.16. The molecule has 2 aromatic rings. The number of rotatable bonds is 6. The lowest BCUT2D eigenvalue weighted by molar-refractivity contribution is 0.0972. The third-order valence-electron chi connectivity index (χ3n) is 3.24. The van der Waals surface area contributed by atoms with Crippen molar-refractivity contribution >= 4 is 47.6 Å². The molecule has 25 heavy (non-hydrogen) atoms. The molecule has 6 N–H and O–H groups in total. The Morgan fingerprint density at radius 2 is 2.04 bits per heavy atom. The van der Waals surface area contributed by atoms with Crippen molar-refractivity contribution in [1.82, 2.24) is 10.3 Å².